The quantitative estimate of drug-likeness (QED) is 0.626. The first-order chi connectivity index (χ1) is 8.48. The van der Waals surface area contributed by atoms with Gasteiger partial charge in [-0.2, -0.15) is 0 Å². The largest absolute Gasteiger partial charge is 0.467 e. The lowest BCUT2D eigenvalue weighted by atomic mass is 9.82. The molecule has 0 aromatic carbocycles. The summed E-state index contributed by atoms with van der Waals surface area (Å²) in [6.07, 6.45) is -0.276. The summed E-state index contributed by atoms with van der Waals surface area (Å²) in [7, 11) is 1.14. The number of furan rings is 1. The van der Waals surface area contributed by atoms with Gasteiger partial charge in [-0.1, -0.05) is 0 Å². The zero-order valence-corrected chi connectivity index (χ0v) is 9.74. The number of ether oxygens (including phenoxy) is 1. The molecule has 18 heavy (non-hydrogen) atoms. The second kappa shape index (κ2) is 4.56. The van der Waals surface area contributed by atoms with Crippen LogP contribution in [0, 0.1) is 0 Å². The van der Waals surface area contributed by atoms with Gasteiger partial charge < -0.3 is 24.5 Å². The van der Waals surface area contributed by atoms with E-state index in [2.05, 4.69) is 4.74 Å². The minimum Gasteiger partial charge on any atom is -0.467 e. The molecule has 2 rings (SSSR count). The summed E-state index contributed by atoms with van der Waals surface area (Å²) in [6.45, 7) is 0. The van der Waals surface area contributed by atoms with Crippen LogP contribution in [0.1, 0.15) is 12.2 Å². The number of carbonyl (C=O) groups excluding carboxylic acids is 1. The fourth-order valence-electron chi connectivity index (χ4n) is 2.02. The molecule has 1 aliphatic rings. The molecule has 0 bridgehead atoms. The predicted molar refractivity (Wildman–Crippen MR) is 60.3 cm³/mol. The van der Waals surface area contributed by atoms with Crippen LogP contribution in [0.5, 0.6) is 0 Å². The third-order valence-corrected chi connectivity index (χ3v) is 2.94. The van der Waals surface area contributed by atoms with Crippen LogP contribution in [0.3, 0.4) is 0 Å². The van der Waals surface area contributed by atoms with E-state index in [9.17, 15) is 20.1 Å². The zero-order valence-electron chi connectivity index (χ0n) is 9.74. The number of methoxy groups -OCH3 is 1. The Bertz CT molecular complexity index is 463. The summed E-state index contributed by atoms with van der Waals surface area (Å²) in [6, 6.07) is 3.16. The van der Waals surface area contributed by atoms with Crippen LogP contribution in [0.15, 0.2) is 28.9 Å². The highest BCUT2D eigenvalue weighted by atomic mass is 16.5. The van der Waals surface area contributed by atoms with Gasteiger partial charge in [0.25, 0.3) is 0 Å². The Morgan fingerprint density at radius 3 is 2.83 bits per heavy atom. The standard InChI is InChI=1S/C12H14O6/c1-17-11(15)12(16)5-7(9-3-2-4-18-9)10(14)8(13)6-12/h2-5,8,10,13-14,16H,6H2,1H3/t8-,10-,12+/m1/s1. The molecule has 0 amide bonds. The van der Waals surface area contributed by atoms with Crippen LogP contribution < -0.4 is 0 Å². The van der Waals surface area contributed by atoms with Gasteiger partial charge in [-0.15, -0.1) is 0 Å². The number of hydrogen-bond donors (Lipinski definition) is 3. The van der Waals surface area contributed by atoms with Crippen molar-refractivity contribution < 1.29 is 29.3 Å². The number of hydrogen-bond acceptors (Lipinski definition) is 6. The summed E-state index contributed by atoms with van der Waals surface area (Å²) in [5, 5.41) is 29.7. The lowest BCUT2D eigenvalue weighted by Crippen LogP contribution is -2.48. The van der Waals surface area contributed by atoms with Gasteiger partial charge in [-0.05, 0) is 18.2 Å². The van der Waals surface area contributed by atoms with E-state index in [0.29, 0.717) is 0 Å². The van der Waals surface area contributed by atoms with Crippen molar-refractivity contribution in [3.63, 3.8) is 0 Å². The highest BCUT2D eigenvalue weighted by Crippen LogP contribution is 2.34. The Hall–Kier alpha value is -1.63. The summed E-state index contributed by atoms with van der Waals surface area (Å²) in [5.74, 6) is -0.610. The van der Waals surface area contributed by atoms with E-state index in [1.54, 1.807) is 12.1 Å². The molecule has 1 aliphatic carbocycles. The van der Waals surface area contributed by atoms with E-state index in [-0.39, 0.29) is 17.8 Å². The Morgan fingerprint density at radius 2 is 2.28 bits per heavy atom. The van der Waals surface area contributed by atoms with Crippen LogP contribution in [0.4, 0.5) is 0 Å². The first kappa shape index (κ1) is 12.8. The molecule has 6 nitrogen and oxygen atoms in total. The molecule has 0 saturated carbocycles. The van der Waals surface area contributed by atoms with Crippen LogP contribution in [0.25, 0.3) is 5.57 Å². The van der Waals surface area contributed by atoms with Crippen LogP contribution >= 0.6 is 0 Å². The Labute approximate surface area is 103 Å². The van der Waals surface area contributed by atoms with Crippen molar-refractivity contribution in [1.82, 2.24) is 0 Å². The van der Waals surface area contributed by atoms with E-state index in [1.165, 1.54) is 6.26 Å². The molecule has 3 atom stereocenters. The Balaban J connectivity index is 2.45. The summed E-state index contributed by atoms with van der Waals surface area (Å²) >= 11 is 0. The fourth-order valence-corrected chi connectivity index (χ4v) is 2.02. The second-order valence-electron chi connectivity index (χ2n) is 4.21. The minimum absolute atomic E-state index is 0.159. The normalized spacial score (nSPS) is 31.9. The van der Waals surface area contributed by atoms with Crippen molar-refractivity contribution >= 4 is 11.5 Å². The van der Waals surface area contributed by atoms with Crippen molar-refractivity contribution in [2.45, 2.75) is 24.2 Å². The van der Waals surface area contributed by atoms with Crippen molar-refractivity contribution in [3.8, 4) is 0 Å². The lowest BCUT2D eigenvalue weighted by molar-refractivity contribution is -0.161. The molecular formula is C12H14O6. The molecule has 0 aliphatic heterocycles. The predicted octanol–water partition coefficient (Wildman–Crippen LogP) is -0.307. The monoisotopic (exact) mass is 254 g/mol. The van der Waals surface area contributed by atoms with E-state index in [1.807, 2.05) is 0 Å². The van der Waals surface area contributed by atoms with E-state index >= 15 is 0 Å². The molecule has 0 radical (unpaired) electrons. The molecule has 0 unspecified atom stereocenters. The zero-order chi connectivity index (χ0) is 13.3. The van der Waals surface area contributed by atoms with Crippen molar-refractivity contribution in [2.24, 2.45) is 0 Å². The van der Waals surface area contributed by atoms with Gasteiger partial charge in [-0.3, -0.25) is 0 Å². The topological polar surface area (TPSA) is 100 Å². The molecule has 0 spiro atoms. The average Bonchev–Trinajstić information content (AvgIpc) is 2.86. The molecule has 1 aromatic rings. The molecular weight excluding hydrogens is 240 g/mol. The van der Waals surface area contributed by atoms with Crippen molar-refractivity contribution in [3.05, 3.63) is 30.2 Å². The number of aliphatic hydroxyl groups excluding tert-OH is 2. The van der Waals surface area contributed by atoms with Gasteiger partial charge in [0.15, 0.2) is 5.60 Å². The highest BCUT2D eigenvalue weighted by Gasteiger charge is 2.45. The second-order valence-corrected chi connectivity index (χ2v) is 4.21. The lowest BCUT2D eigenvalue weighted by Gasteiger charge is -2.33. The molecule has 0 fully saturated rings. The van der Waals surface area contributed by atoms with E-state index in [4.69, 9.17) is 4.42 Å². The minimum atomic E-state index is -1.96. The SMILES string of the molecule is COC(=O)[C@]1(O)C=C(c2ccco2)[C@@H](O)[C@H](O)C1. The van der Waals surface area contributed by atoms with E-state index in [0.717, 1.165) is 13.2 Å². The summed E-state index contributed by atoms with van der Waals surface area (Å²) in [5.41, 5.74) is -1.80. The van der Waals surface area contributed by atoms with Gasteiger partial charge in [0.05, 0.1) is 19.5 Å². The van der Waals surface area contributed by atoms with Crippen LogP contribution in [-0.2, 0) is 9.53 Å². The first-order valence-electron chi connectivity index (χ1n) is 5.41. The molecule has 6 heteroatoms. The number of aliphatic hydroxyl groups is 3. The average molecular weight is 254 g/mol. The highest BCUT2D eigenvalue weighted by molar-refractivity contribution is 5.86. The maximum absolute atomic E-state index is 11.5. The van der Waals surface area contributed by atoms with Gasteiger partial charge in [0.1, 0.15) is 11.9 Å². The van der Waals surface area contributed by atoms with Crippen molar-refractivity contribution in [2.75, 3.05) is 7.11 Å². The van der Waals surface area contributed by atoms with Gasteiger partial charge in [0.2, 0.25) is 0 Å². The fraction of sp³-hybridized carbons (Fsp3) is 0.417. The van der Waals surface area contributed by atoms with Gasteiger partial charge in [-0.25, -0.2) is 4.79 Å². The van der Waals surface area contributed by atoms with Gasteiger partial charge >= 0.3 is 5.97 Å². The molecule has 0 saturated heterocycles. The molecule has 98 valence electrons. The Kier molecular flexibility index (Phi) is 3.25. The maximum atomic E-state index is 11.5. The Morgan fingerprint density at radius 1 is 1.56 bits per heavy atom. The number of carbonyl (C=O) groups is 1. The van der Waals surface area contributed by atoms with Crippen LogP contribution in [-0.4, -0.2) is 46.2 Å². The number of esters is 1. The maximum Gasteiger partial charge on any atom is 0.342 e. The van der Waals surface area contributed by atoms with Crippen LogP contribution in [0.2, 0.25) is 0 Å². The first-order valence-corrected chi connectivity index (χ1v) is 5.41. The van der Waals surface area contributed by atoms with E-state index < -0.39 is 23.8 Å². The third kappa shape index (κ3) is 2.05. The summed E-state index contributed by atoms with van der Waals surface area (Å²) in [4.78, 5) is 11.5. The third-order valence-electron chi connectivity index (χ3n) is 2.94. The molecule has 3 N–H and O–H groups in total. The summed E-state index contributed by atoms with van der Waals surface area (Å²) < 4.78 is 9.58. The molecule has 1 aromatic heterocycles. The van der Waals surface area contributed by atoms with Crippen molar-refractivity contribution in [1.29, 1.82) is 0 Å². The molecule has 1 heterocycles. The van der Waals surface area contributed by atoms with Gasteiger partial charge in [0, 0.05) is 12.0 Å². The smallest absolute Gasteiger partial charge is 0.342 e. The number of rotatable bonds is 2.